The Hall–Kier alpha value is -0.610. The minimum absolute atomic E-state index is 0.115. The molecule has 0 N–H and O–H groups in total. The first-order chi connectivity index (χ1) is 10.9. The Morgan fingerprint density at radius 2 is 1.57 bits per heavy atom. The van der Waals surface area contributed by atoms with Crippen molar-refractivity contribution in [1.82, 2.24) is 14.7 Å². The monoisotopic (exact) mass is 323 g/mol. The third-order valence-electron chi connectivity index (χ3n) is 5.84. The van der Waals surface area contributed by atoms with Crippen LogP contribution in [-0.4, -0.2) is 72.5 Å². The molecule has 0 bridgehead atoms. The van der Waals surface area contributed by atoms with Crippen molar-refractivity contribution in [3.8, 4) is 0 Å². The molecule has 2 saturated heterocycles. The quantitative estimate of drug-likeness (QED) is 0.778. The molecule has 2 heterocycles. The van der Waals surface area contributed by atoms with Crippen LogP contribution in [0.5, 0.6) is 0 Å². The summed E-state index contributed by atoms with van der Waals surface area (Å²) in [6.07, 6.45) is 4.98. The number of likely N-dealkylation sites (tertiary alicyclic amines) is 2. The third kappa shape index (κ3) is 5.18. The Bertz CT molecular complexity index is 367. The van der Waals surface area contributed by atoms with E-state index in [0.717, 1.165) is 31.8 Å². The lowest BCUT2D eigenvalue weighted by Gasteiger charge is -2.40. The summed E-state index contributed by atoms with van der Waals surface area (Å²) in [5, 5.41) is 0. The van der Waals surface area contributed by atoms with Crippen molar-refractivity contribution >= 4 is 5.91 Å². The fraction of sp³-hybridized carbons (Fsp3) is 0.947. The van der Waals surface area contributed by atoms with Crippen LogP contribution in [0.4, 0.5) is 0 Å². The molecule has 0 radical (unpaired) electrons. The lowest BCUT2D eigenvalue weighted by Crippen LogP contribution is -2.48. The molecule has 2 aliphatic rings. The molecule has 2 aliphatic heterocycles. The number of nitrogens with zero attached hydrogens (tertiary/aromatic N) is 3. The van der Waals surface area contributed by atoms with E-state index in [-0.39, 0.29) is 5.92 Å². The number of rotatable bonds is 5. The summed E-state index contributed by atoms with van der Waals surface area (Å²) in [7, 11) is 1.99. The molecule has 2 fully saturated rings. The summed E-state index contributed by atoms with van der Waals surface area (Å²) < 4.78 is 0. The number of piperidine rings is 2. The van der Waals surface area contributed by atoms with Gasteiger partial charge < -0.3 is 14.7 Å². The SMILES string of the molecule is CC(C)C(=O)N(C)C1CCN(CC2CCN(C(C)C)CC2)CC1. The molecule has 0 aromatic carbocycles. The van der Waals surface area contributed by atoms with Crippen molar-refractivity contribution < 1.29 is 4.79 Å². The Labute approximate surface area is 143 Å². The van der Waals surface area contributed by atoms with E-state index in [1.165, 1.54) is 32.5 Å². The zero-order valence-corrected chi connectivity index (χ0v) is 15.9. The third-order valence-corrected chi connectivity index (χ3v) is 5.84. The second kappa shape index (κ2) is 8.48. The van der Waals surface area contributed by atoms with Gasteiger partial charge in [0.25, 0.3) is 0 Å². The predicted octanol–water partition coefficient (Wildman–Crippen LogP) is 2.69. The molecule has 0 aromatic rings. The Balaban J connectivity index is 1.70. The normalized spacial score (nSPS) is 22.9. The average molecular weight is 324 g/mol. The summed E-state index contributed by atoms with van der Waals surface area (Å²) in [5.74, 6) is 1.28. The molecular formula is C19H37N3O. The van der Waals surface area contributed by atoms with Gasteiger partial charge in [0.1, 0.15) is 0 Å². The minimum atomic E-state index is 0.115. The molecule has 0 aliphatic carbocycles. The molecule has 0 aromatic heterocycles. The van der Waals surface area contributed by atoms with Gasteiger partial charge in [-0.3, -0.25) is 4.79 Å². The number of carbonyl (C=O) groups is 1. The van der Waals surface area contributed by atoms with Gasteiger partial charge in [0.2, 0.25) is 5.91 Å². The summed E-state index contributed by atoms with van der Waals surface area (Å²) in [5.41, 5.74) is 0. The molecule has 4 heteroatoms. The Kier molecular flexibility index (Phi) is 6.90. The second-order valence-electron chi connectivity index (χ2n) is 8.21. The minimum Gasteiger partial charge on any atom is -0.342 e. The van der Waals surface area contributed by atoms with Crippen LogP contribution in [0.3, 0.4) is 0 Å². The molecule has 2 rings (SSSR count). The summed E-state index contributed by atoms with van der Waals surface area (Å²) in [4.78, 5) is 19.4. The van der Waals surface area contributed by atoms with Crippen molar-refractivity contribution in [2.75, 3.05) is 39.8 Å². The van der Waals surface area contributed by atoms with E-state index in [1.54, 1.807) is 0 Å². The highest BCUT2D eigenvalue weighted by atomic mass is 16.2. The molecule has 1 amide bonds. The average Bonchev–Trinajstić information content (AvgIpc) is 2.54. The topological polar surface area (TPSA) is 26.8 Å². The van der Waals surface area contributed by atoms with E-state index < -0.39 is 0 Å². The van der Waals surface area contributed by atoms with Gasteiger partial charge >= 0.3 is 0 Å². The van der Waals surface area contributed by atoms with Gasteiger partial charge in [0.05, 0.1) is 0 Å². The fourth-order valence-electron chi connectivity index (χ4n) is 4.09. The van der Waals surface area contributed by atoms with Gasteiger partial charge in [-0.25, -0.2) is 0 Å². The standard InChI is InChI=1S/C19H37N3O/c1-15(2)19(23)20(5)18-8-10-21(11-9-18)14-17-6-12-22(13-7-17)16(3)4/h15-18H,6-14H2,1-5H3. The van der Waals surface area contributed by atoms with Crippen molar-refractivity contribution in [3.05, 3.63) is 0 Å². The summed E-state index contributed by atoms with van der Waals surface area (Å²) in [6, 6.07) is 1.14. The molecule has 134 valence electrons. The van der Waals surface area contributed by atoms with Crippen molar-refractivity contribution in [1.29, 1.82) is 0 Å². The van der Waals surface area contributed by atoms with Crippen molar-refractivity contribution in [2.45, 2.75) is 65.5 Å². The molecule has 0 atom stereocenters. The van der Waals surface area contributed by atoms with E-state index in [0.29, 0.717) is 18.0 Å². The summed E-state index contributed by atoms with van der Waals surface area (Å²) in [6.45, 7) is 14.7. The number of hydrogen-bond donors (Lipinski definition) is 0. The first kappa shape index (κ1) is 18.7. The molecule has 0 unspecified atom stereocenters. The van der Waals surface area contributed by atoms with Gasteiger partial charge in [-0.05, 0) is 58.5 Å². The zero-order valence-electron chi connectivity index (χ0n) is 15.9. The zero-order chi connectivity index (χ0) is 17.0. The van der Waals surface area contributed by atoms with Gasteiger partial charge in [-0.1, -0.05) is 13.8 Å². The molecule has 0 spiro atoms. The van der Waals surface area contributed by atoms with E-state index in [9.17, 15) is 4.79 Å². The van der Waals surface area contributed by atoms with Crippen LogP contribution < -0.4 is 0 Å². The number of amides is 1. The number of hydrogen-bond acceptors (Lipinski definition) is 3. The highest BCUT2D eigenvalue weighted by Gasteiger charge is 2.28. The van der Waals surface area contributed by atoms with Crippen LogP contribution in [0.15, 0.2) is 0 Å². The van der Waals surface area contributed by atoms with Gasteiger partial charge in [0.15, 0.2) is 0 Å². The first-order valence-corrected chi connectivity index (χ1v) is 9.61. The van der Waals surface area contributed by atoms with Crippen LogP contribution in [0.25, 0.3) is 0 Å². The van der Waals surface area contributed by atoms with Crippen molar-refractivity contribution in [2.24, 2.45) is 11.8 Å². The molecule has 23 heavy (non-hydrogen) atoms. The molecular weight excluding hydrogens is 286 g/mol. The summed E-state index contributed by atoms with van der Waals surface area (Å²) >= 11 is 0. The van der Waals surface area contributed by atoms with Gasteiger partial charge in [-0.15, -0.1) is 0 Å². The Morgan fingerprint density at radius 3 is 2.04 bits per heavy atom. The smallest absolute Gasteiger partial charge is 0.225 e. The van der Waals surface area contributed by atoms with Crippen LogP contribution in [0.2, 0.25) is 0 Å². The lowest BCUT2D eigenvalue weighted by atomic mass is 9.94. The van der Waals surface area contributed by atoms with Crippen LogP contribution >= 0.6 is 0 Å². The fourth-order valence-corrected chi connectivity index (χ4v) is 4.09. The number of carbonyl (C=O) groups excluding carboxylic acids is 1. The van der Waals surface area contributed by atoms with Crippen molar-refractivity contribution in [3.63, 3.8) is 0 Å². The van der Waals surface area contributed by atoms with Gasteiger partial charge in [-0.2, -0.15) is 0 Å². The Morgan fingerprint density at radius 1 is 1.00 bits per heavy atom. The maximum Gasteiger partial charge on any atom is 0.225 e. The maximum absolute atomic E-state index is 12.1. The second-order valence-corrected chi connectivity index (χ2v) is 8.21. The van der Waals surface area contributed by atoms with Gasteiger partial charge in [0, 0.05) is 44.7 Å². The molecule has 4 nitrogen and oxygen atoms in total. The van der Waals surface area contributed by atoms with E-state index in [4.69, 9.17) is 0 Å². The highest BCUT2D eigenvalue weighted by molar-refractivity contribution is 5.78. The predicted molar refractivity (Wildman–Crippen MR) is 96.5 cm³/mol. The molecule has 0 saturated carbocycles. The largest absolute Gasteiger partial charge is 0.342 e. The van der Waals surface area contributed by atoms with Crippen LogP contribution in [0.1, 0.15) is 53.4 Å². The van der Waals surface area contributed by atoms with E-state index in [2.05, 4.69) is 23.6 Å². The van der Waals surface area contributed by atoms with E-state index >= 15 is 0 Å². The maximum atomic E-state index is 12.1. The lowest BCUT2D eigenvalue weighted by molar-refractivity contribution is -0.136. The van der Waals surface area contributed by atoms with Crippen LogP contribution in [0, 0.1) is 11.8 Å². The van der Waals surface area contributed by atoms with Crippen LogP contribution in [-0.2, 0) is 4.79 Å². The highest BCUT2D eigenvalue weighted by Crippen LogP contribution is 2.23. The van der Waals surface area contributed by atoms with E-state index in [1.807, 2.05) is 25.8 Å². The first-order valence-electron chi connectivity index (χ1n) is 9.61.